The second-order valence-corrected chi connectivity index (χ2v) is 8.96. The molecule has 0 aromatic heterocycles. The maximum Gasteiger partial charge on any atom is 0.332 e. The maximum atomic E-state index is 13.3. The summed E-state index contributed by atoms with van der Waals surface area (Å²) in [4.78, 5) is 19.3. The Hall–Kier alpha value is -2.36. The molecule has 0 aliphatic carbocycles. The average molecular weight is 477 g/mol. The average Bonchev–Trinajstić information content (AvgIpc) is 3.01. The quantitative estimate of drug-likeness (QED) is 0.449. The molecule has 2 unspecified atom stereocenters. The van der Waals surface area contributed by atoms with Gasteiger partial charge in [-0.25, -0.2) is 9.89 Å². The van der Waals surface area contributed by atoms with Gasteiger partial charge in [-0.15, -0.1) is 0 Å². The number of para-hydroxylation sites is 1. The Morgan fingerprint density at radius 3 is 2.72 bits per heavy atom. The molecule has 1 heterocycles. The molecule has 1 aliphatic rings. The molecule has 0 radical (unpaired) electrons. The van der Waals surface area contributed by atoms with Crippen molar-refractivity contribution in [3.63, 3.8) is 0 Å². The minimum Gasteiger partial charge on any atom is -0.604 e. The van der Waals surface area contributed by atoms with E-state index in [2.05, 4.69) is 4.99 Å². The maximum absolute atomic E-state index is 13.3. The normalized spacial score (nSPS) is 19.8. The minimum atomic E-state index is -1.74. The highest BCUT2D eigenvalue weighted by Gasteiger charge is 2.47. The minimum absolute atomic E-state index is 0.109. The Morgan fingerprint density at radius 1 is 1.31 bits per heavy atom. The molecular formula is C23H25ClN2O5S. The number of benzene rings is 2. The smallest absolute Gasteiger partial charge is 0.332 e. The van der Waals surface area contributed by atoms with Crippen LogP contribution in [-0.2, 0) is 16.0 Å². The number of ether oxygens (including phenoxy) is 1. The van der Waals surface area contributed by atoms with Gasteiger partial charge in [0.15, 0.2) is 0 Å². The number of nitrogens with zero attached hydrogens (tertiary/aromatic N) is 2. The van der Waals surface area contributed by atoms with E-state index >= 15 is 0 Å². The molecule has 3 rings (SSSR count). The van der Waals surface area contributed by atoms with Gasteiger partial charge in [0.2, 0.25) is 4.91 Å². The number of hydrogen-bond acceptors (Lipinski definition) is 6. The van der Waals surface area contributed by atoms with E-state index in [9.17, 15) is 14.5 Å². The Labute approximate surface area is 195 Å². The second-order valence-electron chi connectivity index (χ2n) is 7.21. The van der Waals surface area contributed by atoms with Gasteiger partial charge in [-0.1, -0.05) is 42.8 Å². The van der Waals surface area contributed by atoms with E-state index in [4.69, 9.17) is 21.4 Å². The van der Waals surface area contributed by atoms with Crippen molar-refractivity contribution >= 4 is 45.6 Å². The number of aliphatic imine (C=N–C) groups is 1. The molecule has 0 saturated carbocycles. The number of carbonyl (C=O) groups is 1. The first kappa shape index (κ1) is 24.3. The molecule has 2 atom stereocenters. The lowest BCUT2D eigenvalue weighted by Crippen LogP contribution is -2.31. The molecule has 0 bridgehead atoms. The van der Waals surface area contributed by atoms with Gasteiger partial charge in [0.25, 0.3) is 0 Å². The highest BCUT2D eigenvalue weighted by Crippen LogP contribution is 2.34. The molecular weight excluding hydrogens is 452 g/mol. The number of halogens is 1. The molecule has 1 fully saturated rings. The zero-order valence-corrected chi connectivity index (χ0v) is 19.4. The molecule has 1 amide bonds. The van der Waals surface area contributed by atoms with Crippen LogP contribution in [0.15, 0.2) is 52.4 Å². The van der Waals surface area contributed by atoms with Crippen LogP contribution in [0, 0.1) is 6.92 Å². The molecule has 1 aliphatic heterocycles. The van der Waals surface area contributed by atoms with Crippen LogP contribution < -0.4 is 9.64 Å². The Morgan fingerprint density at radius 2 is 2.06 bits per heavy atom. The largest absolute Gasteiger partial charge is 0.604 e. The van der Waals surface area contributed by atoms with Crippen LogP contribution in [-0.4, -0.2) is 51.7 Å². The zero-order valence-electron chi connectivity index (χ0n) is 17.8. The molecule has 2 aromatic rings. The van der Waals surface area contributed by atoms with Crippen molar-refractivity contribution < 1.29 is 24.3 Å². The van der Waals surface area contributed by atoms with E-state index < -0.39 is 29.8 Å². The van der Waals surface area contributed by atoms with Crippen LogP contribution in [0.2, 0.25) is 5.02 Å². The van der Waals surface area contributed by atoms with Crippen LogP contribution in [0.4, 0.5) is 5.69 Å². The van der Waals surface area contributed by atoms with E-state index in [1.54, 1.807) is 24.3 Å². The van der Waals surface area contributed by atoms with Crippen LogP contribution >= 0.6 is 11.6 Å². The lowest BCUT2D eigenvalue weighted by Gasteiger charge is -2.15. The predicted octanol–water partition coefficient (Wildman–Crippen LogP) is 3.28. The fourth-order valence-corrected chi connectivity index (χ4v) is 4.54. The number of anilines is 1. The van der Waals surface area contributed by atoms with E-state index in [0.29, 0.717) is 23.5 Å². The summed E-state index contributed by atoms with van der Waals surface area (Å²) in [6.07, 6.45) is 1.29. The fraction of sp³-hybridized carbons (Fsp3) is 0.304. The van der Waals surface area contributed by atoms with Crippen molar-refractivity contribution in [3.8, 4) is 5.75 Å². The molecule has 32 heavy (non-hydrogen) atoms. The van der Waals surface area contributed by atoms with Gasteiger partial charge >= 0.3 is 11.1 Å². The van der Waals surface area contributed by atoms with Crippen molar-refractivity contribution in [2.45, 2.75) is 26.4 Å². The standard InChI is InChI=1S/C23H25ClN2O5S/c1-3-10-25-23-26(19-7-5-4-6-15(19)2)22(29)21(32(23)30)12-16-8-9-20(18(24)11-16)31-14-17(28)13-27/h4-9,11-12,17,27-28H,3,10,13-14H2,1-2H3/b21-12?,25-23+. The first-order valence-corrected chi connectivity index (χ1v) is 11.7. The summed E-state index contributed by atoms with van der Waals surface area (Å²) in [5, 5.41) is 18.8. The number of rotatable bonds is 8. The number of aliphatic hydroxyl groups is 2. The first-order valence-electron chi connectivity index (χ1n) is 10.2. The third-order valence-corrected chi connectivity index (χ3v) is 6.32. The van der Waals surface area contributed by atoms with Gasteiger partial charge in [0.1, 0.15) is 18.5 Å². The van der Waals surface area contributed by atoms with Gasteiger partial charge in [-0.05, 0) is 42.7 Å². The van der Waals surface area contributed by atoms with Crippen LogP contribution in [0.5, 0.6) is 5.75 Å². The number of hydrogen-bond donors (Lipinski definition) is 2. The topological polar surface area (TPSA) is 105 Å². The van der Waals surface area contributed by atoms with Crippen molar-refractivity contribution in [2.24, 2.45) is 4.99 Å². The SMILES string of the molecule is CCC/N=C1\N(c2ccccc2C)C(=O)C(=Cc2ccc(OCC(O)CO)c(Cl)c2)[S+]1[O-]. The molecule has 0 spiro atoms. The lowest BCUT2D eigenvalue weighted by molar-refractivity contribution is -0.113. The Balaban J connectivity index is 1.94. The number of amidine groups is 1. The van der Waals surface area contributed by atoms with Crippen LogP contribution in [0.25, 0.3) is 6.08 Å². The first-order chi connectivity index (χ1) is 15.4. The van der Waals surface area contributed by atoms with Gasteiger partial charge in [0, 0.05) is 12.6 Å². The molecule has 1 saturated heterocycles. The third kappa shape index (κ3) is 5.33. The summed E-state index contributed by atoms with van der Waals surface area (Å²) in [5.74, 6) is -0.0677. The Kier molecular flexibility index (Phi) is 8.33. The van der Waals surface area contributed by atoms with Crippen molar-refractivity contribution in [3.05, 3.63) is 63.5 Å². The van der Waals surface area contributed by atoms with E-state index in [1.165, 1.54) is 11.0 Å². The number of amides is 1. The lowest BCUT2D eigenvalue weighted by atomic mass is 10.1. The van der Waals surface area contributed by atoms with Gasteiger partial charge in [-0.3, -0.25) is 4.79 Å². The molecule has 2 aromatic carbocycles. The number of carbonyl (C=O) groups excluding carboxylic acids is 1. The molecule has 9 heteroatoms. The summed E-state index contributed by atoms with van der Waals surface area (Å²) >= 11 is 4.52. The van der Waals surface area contributed by atoms with Crippen LogP contribution in [0.3, 0.4) is 0 Å². The monoisotopic (exact) mass is 476 g/mol. The van der Waals surface area contributed by atoms with Crippen molar-refractivity contribution in [2.75, 3.05) is 24.7 Å². The van der Waals surface area contributed by atoms with Gasteiger partial charge < -0.3 is 19.5 Å². The van der Waals surface area contributed by atoms with E-state index in [0.717, 1.165) is 12.0 Å². The third-order valence-electron chi connectivity index (χ3n) is 4.69. The Bertz CT molecular complexity index is 1040. The second kappa shape index (κ2) is 11.0. The highest BCUT2D eigenvalue weighted by molar-refractivity contribution is 8.12. The van der Waals surface area contributed by atoms with E-state index in [1.807, 2.05) is 32.0 Å². The summed E-state index contributed by atoms with van der Waals surface area (Å²) in [7, 11) is 0. The molecule has 170 valence electrons. The zero-order chi connectivity index (χ0) is 23.3. The highest BCUT2D eigenvalue weighted by atomic mass is 35.5. The predicted molar refractivity (Wildman–Crippen MR) is 127 cm³/mol. The van der Waals surface area contributed by atoms with Gasteiger partial charge in [-0.2, -0.15) is 0 Å². The summed E-state index contributed by atoms with van der Waals surface area (Å²) in [5.41, 5.74) is 2.09. The van der Waals surface area contributed by atoms with Gasteiger partial charge in [0.05, 0.1) is 28.5 Å². The van der Waals surface area contributed by atoms with Crippen LogP contribution in [0.1, 0.15) is 24.5 Å². The number of aryl methyl sites for hydroxylation is 1. The van der Waals surface area contributed by atoms with Crippen molar-refractivity contribution in [1.29, 1.82) is 0 Å². The summed E-state index contributed by atoms with van der Waals surface area (Å²) in [6.45, 7) is 3.78. The van der Waals surface area contributed by atoms with Crippen molar-refractivity contribution in [1.82, 2.24) is 0 Å². The molecule has 2 N–H and O–H groups in total. The molecule has 7 nitrogen and oxygen atoms in total. The van der Waals surface area contributed by atoms with E-state index in [-0.39, 0.29) is 21.7 Å². The summed E-state index contributed by atoms with van der Waals surface area (Å²) < 4.78 is 18.6. The number of aliphatic hydroxyl groups excluding tert-OH is 2. The fourth-order valence-electron chi connectivity index (χ4n) is 3.05. The summed E-state index contributed by atoms with van der Waals surface area (Å²) in [6, 6.07) is 12.2.